The Bertz CT molecular complexity index is 2870. The highest BCUT2D eigenvalue weighted by molar-refractivity contribution is 6.10. The van der Waals surface area contributed by atoms with Crippen LogP contribution in [0.1, 0.15) is 5.56 Å². The summed E-state index contributed by atoms with van der Waals surface area (Å²) in [6.45, 7) is 4.20. The molecular weight excluding hydrogens is 631 g/mol. The van der Waals surface area contributed by atoms with Crippen molar-refractivity contribution in [2.24, 2.45) is 0 Å². The van der Waals surface area contributed by atoms with Gasteiger partial charge in [-0.15, -0.1) is 0 Å². The van der Waals surface area contributed by atoms with E-state index in [1.165, 1.54) is 43.6 Å². The maximum absolute atomic E-state index is 5.31. The third-order valence-corrected chi connectivity index (χ3v) is 10.2. The number of aromatic nitrogens is 3. The van der Waals surface area contributed by atoms with Crippen LogP contribution < -0.4 is 0 Å². The lowest BCUT2D eigenvalue weighted by molar-refractivity contribution is 1.18. The van der Waals surface area contributed by atoms with Gasteiger partial charge in [-0.05, 0) is 83.4 Å². The molecule has 0 unspecified atom stereocenters. The highest BCUT2D eigenvalue weighted by Crippen LogP contribution is 2.37. The summed E-state index contributed by atoms with van der Waals surface area (Å²) >= 11 is 0. The second-order valence-corrected chi connectivity index (χ2v) is 13.3. The molecule has 3 heteroatoms. The minimum absolute atomic E-state index is 0.918. The number of fused-ring (bicyclic) bond motifs is 6. The Labute approximate surface area is 302 Å². The van der Waals surface area contributed by atoms with E-state index in [1.54, 1.807) is 0 Å². The largest absolute Gasteiger partial charge is 0.309 e. The predicted octanol–water partition coefficient (Wildman–Crippen LogP) is 12.9. The van der Waals surface area contributed by atoms with Crippen molar-refractivity contribution in [2.75, 3.05) is 0 Å². The van der Waals surface area contributed by atoms with Crippen LogP contribution in [0.15, 0.2) is 189 Å². The van der Waals surface area contributed by atoms with Gasteiger partial charge in [0.2, 0.25) is 0 Å². The van der Waals surface area contributed by atoms with E-state index in [0.717, 1.165) is 50.6 Å². The molecule has 10 aromatic rings. The Hall–Kier alpha value is -6.97. The highest BCUT2D eigenvalue weighted by Gasteiger charge is 2.16. The van der Waals surface area contributed by atoms with E-state index >= 15 is 0 Å². The van der Waals surface area contributed by atoms with Crippen LogP contribution in [0, 0.1) is 0 Å². The monoisotopic (exact) mass is 663 g/mol. The molecule has 7 aromatic carbocycles. The third-order valence-electron chi connectivity index (χ3n) is 10.2. The molecule has 0 radical (unpaired) electrons. The van der Waals surface area contributed by atoms with E-state index < -0.39 is 0 Å². The number of rotatable bonds is 6. The quantitative estimate of drug-likeness (QED) is 0.174. The predicted molar refractivity (Wildman–Crippen MR) is 219 cm³/mol. The molecule has 0 saturated carbocycles. The van der Waals surface area contributed by atoms with Crippen molar-refractivity contribution < 1.29 is 0 Å². The van der Waals surface area contributed by atoms with Crippen LogP contribution in [0.25, 0.3) is 94.7 Å². The summed E-state index contributed by atoms with van der Waals surface area (Å²) in [5.41, 5.74) is 14.2. The molecule has 0 saturated heterocycles. The van der Waals surface area contributed by atoms with Crippen LogP contribution in [0.2, 0.25) is 0 Å². The van der Waals surface area contributed by atoms with Crippen LogP contribution in [-0.4, -0.2) is 14.1 Å². The average Bonchev–Trinajstić information content (AvgIpc) is 3.74. The van der Waals surface area contributed by atoms with Crippen LogP contribution >= 0.6 is 0 Å². The van der Waals surface area contributed by atoms with Gasteiger partial charge < -0.3 is 9.13 Å². The third kappa shape index (κ3) is 4.86. The topological polar surface area (TPSA) is 22.8 Å². The lowest BCUT2D eigenvalue weighted by Crippen LogP contribution is -1.97. The fourth-order valence-corrected chi connectivity index (χ4v) is 7.86. The first-order valence-corrected chi connectivity index (χ1v) is 17.7. The molecular formula is C49H33N3. The summed E-state index contributed by atoms with van der Waals surface area (Å²) in [5, 5.41) is 4.97. The molecule has 0 bridgehead atoms. The van der Waals surface area contributed by atoms with Gasteiger partial charge in [-0.3, -0.25) is 0 Å². The number of nitrogens with zero attached hydrogens (tertiary/aromatic N) is 3. The lowest BCUT2D eigenvalue weighted by atomic mass is 9.97. The summed E-state index contributed by atoms with van der Waals surface area (Å²) in [5.74, 6) is 0. The Morgan fingerprint density at radius 2 is 0.808 bits per heavy atom. The normalized spacial score (nSPS) is 11.5. The van der Waals surface area contributed by atoms with E-state index in [2.05, 4.69) is 198 Å². The van der Waals surface area contributed by atoms with Crippen LogP contribution in [0.4, 0.5) is 0 Å². The first kappa shape index (κ1) is 29.9. The molecule has 10 rings (SSSR count). The number of pyridine rings is 1. The van der Waals surface area contributed by atoms with Crippen molar-refractivity contribution in [2.45, 2.75) is 0 Å². The first-order chi connectivity index (χ1) is 25.7. The van der Waals surface area contributed by atoms with Crippen molar-refractivity contribution in [3.63, 3.8) is 0 Å². The summed E-state index contributed by atoms with van der Waals surface area (Å²) in [4.78, 5) is 5.31. The molecule has 0 atom stereocenters. The van der Waals surface area contributed by atoms with Gasteiger partial charge in [0, 0.05) is 44.0 Å². The van der Waals surface area contributed by atoms with Gasteiger partial charge in [0.15, 0.2) is 0 Å². The maximum atomic E-state index is 5.31. The minimum atomic E-state index is 0.918. The fraction of sp³-hybridized carbons (Fsp3) is 0. The van der Waals surface area contributed by atoms with Crippen molar-refractivity contribution in [1.29, 1.82) is 0 Å². The van der Waals surface area contributed by atoms with Gasteiger partial charge in [-0.25, -0.2) is 4.98 Å². The molecule has 3 nitrogen and oxygen atoms in total. The minimum Gasteiger partial charge on any atom is -0.309 e. The molecule has 0 aliphatic heterocycles. The van der Waals surface area contributed by atoms with E-state index in [-0.39, 0.29) is 0 Å². The summed E-state index contributed by atoms with van der Waals surface area (Å²) in [7, 11) is 0. The fourth-order valence-electron chi connectivity index (χ4n) is 7.86. The number of hydrogen-bond donors (Lipinski definition) is 0. The number of benzene rings is 7. The summed E-state index contributed by atoms with van der Waals surface area (Å²) in [6, 6.07) is 65.0. The van der Waals surface area contributed by atoms with Gasteiger partial charge >= 0.3 is 0 Å². The molecule has 0 amide bonds. The Morgan fingerprint density at radius 3 is 1.37 bits per heavy atom. The average molecular weight is 664 g/mol. The molecule has 3 heterocycles. The first-order valence-electron chi connectivity index (χ1n) is 17.7. The van der Waals surface area contributed by atoms with Crippen molar-refractivity contribution in [1.82, 2.24) is 14.1 Å². The van der Waals surface area contributed by atoms with Crippen molar-refractivity contribution in [3.05, 3.63) is 194 Å². The summed E-state index contributed by atoms with van der Waals surface area (Å²) in [6.07, 6.45) is 1.94. The molecule has 0 aliphatic rings. The Balaban J connectivity index is 1.18. The van der Waals surface area contributed by atoms with E-state index in [1.807, 2.05) is 6.08 Å². The number of para-hydroxylation sites is 4. The molecule has 0 fully saturated rings. The lowest BCUT2D eigenvalue weighted by Gasteiger charge is -2.15. The van der Waals surface area contributed by atoms with Gasteiger partial charge in [-0.2, -0.15) is 0 Å². The summed E-state index contributed by atoms with van der Waals surface area (Å²) < 4.78 is 4.73. The highest BCUT2D eigenvalue weighted by atomic mass is 15.0. The van der Waals surface area contributed by atoms with Gasteiger partial charge in [0.1, 0.15) is 0 Å². The zero-order valence-corrected chi connectivity index (χ0v) is 28.4. The molecule has 244 valence electrons. The Morgan fingerprint density at radius 1 is 0.365 bits per heavy atom. The SMILES string of the molecule is C=Cc1cc(-c2cc(-c3ccccc3)nc(-c3cccc(-n4c5ccccc5c5ccccc54)c3)c2)cc(-n2c3ccccc3c3ccccc32)c1. The molecule has 0 spiro atoms. The molecule has 0 aliphatic carbocycles. The van der Waals surface area contributed by atoms with Crippen LogP contribution in [0.3, 0.4) is 0 Å². The number of hydrogen-bond acceptors (Lipinski definition) is 1. The second-order valence-electron chi connectivity index (χ2n) is 13.3. The van der Waals surface area contributed by atoms with Gasteiger partial charge in [0.25, 0.3) is 0 Å². The van der Waals surface area contributed by atoms with Gasteiger partial charge in [-0.1, -0.05) is 128 Å². The second kappa shape index (κ2) is 12.1. The van der Waals surface area contributed by atoms with Gasteiger partial charge in [0.05, 0.1) is 33.5 Å². The molecule has 52 heavy (non-hydrogen) atoms. The van der Waals surface area contributed by atoms with Crippen molar-refractivity contribution >= 4 is 49.7 Å². The zero-order chi connectivity index (χ0) is 34.6. The Kier molecular flexibility index (Phi) is 6.97. The van der Waals surface area contributed by atoms with E-state index in [4.69, 9.17) is 4.98 Å². The van der Waals surface area contributed by atoms with E-state index in [0.29, 0.717) is 0 Å². The standard InChI is InChI=1S/C49H33N3/c1-2-33-27-36(30-39(28-33)52-48-25-12-8-21-42(48)43-22-9-13-26-49(43)52)37-31-44(34-15-4-3-5-16-34)50-45(32-37)35-17-14-18-38(29-35)51-46-23-10-6-19-40(46)41-20-7-11-24-47(41)51/h2-32H,1H2. The van der Waals surface area contributed by atoms with Crippen LogP contribution in [-0.2, 0) is 0 Å². The maximum Gasteiger partial charge on any atom is 0.0716 e. The van der Waals surface area contributed by atoms with Crippen LogP contribution in [0.5, 0.6) is 0 Å². The van der Waals surface area contributed by atoms with Crippen molar-refractivity contribution in [3.8, 4) is 45.0 Å². The smallest absolute Gasteiger partial charge is 0.0716 e. The molecule has 0 N–H and O–H groups in total. The van der Waals surface area contributed by atoms with E-state index in [9.17, 15) is 0 Å². The molecule has 3 aromatic heterocycles. The zero-order valence-electron chi connectivity index (χ0n) is 28.4.